The van der Waals surface area contributed by atoms with Gasteiger partial charge in [0, 0.05) is 6.04 Å². The van der Waals surface area contributed by atoms with Crippen LogP contribution in [0.3, 0.4) is 0 Å². The lowest BCUT2D eigenvalue weighted by Crippen LogP contribution is -2.35. The van der Waals surface area contributed by atoms with Gasteiger partial charge < -0.3 is 4.74 Å². The lowest BCUT2D eigenvalue weighted by molar-refractivity contribution is 0.414. The van der Waals surface area contributed by atoms with Gasteiger partial charge in [-0.3, -0.25) is 11.3 Å². The van der Waals surface area contributed by atoms with Crippen molar-refractivity contribution < 1.29 is 4.74 Å². The van der Waals surface area contributed by atoms with Crippen LogP contribution in [0.4, 0.5) is 0 Å². The Hall–Kier alpha value is -1.32. The van der Waals surface area contributed by atoms with Gasteiger partial charge in [-0.05, 0) is 38.0 Å². The van der Waals surface area contributed by atoms with Crippen molar-refractivity contribution in [3.8, 4) is 5.75 Å². The number of ether oxygens (including phenoxy) is 1. The number of allylic oxidation sites excluding steroid dienone is 1. The second kappa shape index (κ2) is 6.30. The van der Waals surface area contributed by atoms with Crippen molar-refractivity contribution in [1.29, 1.82) is 0 Å². The van der Waals surface area contributed by atoms with E-state index in [0.29, 0.717) is 0 Å². The van der Waals surface area contributed by atoms with Crippen molar-refractivity contribution in [1.82, 2.24) is 5.43 Å². The molecule has 1 rings (SSSR count). The van der Waals surface area contributed by atoms with Crippen LogP contribution in [0.2, 0.25) is 0 Å². The summed E-state index contributed by atoms with van der Waals surface area (Å²) in [5.41, 5.74) is 5.27. The van der Waals surface area contributed by atoms with Crippen molar-refractivity contribution in [2.75, 3.05) is 7.11 Å². The summed E-state index contributed by atoms with van der Waals surface area (Å²) in [6.07, 6.45) is 2.98. The zero-order valence-electron chi connectivity index (χ0n) is 10.2. The summed E-state index contributed by atoms with van der Waals surface area (Å²) >= 11 is 0. The minimum atomic E-state index is 0.164. The van der Waals surface area contributed by atoms with Crippen LogP contribution in [-0.2, 0) is 6.42 Å². The number of nitrogens with two attached hydrogens (primary N) is 1. The van der Waals surface area contributed by atoms with Crippen LogP contribution < -0.4 is 16.0 Å². The van der Waals surface area contributed by atoms with E-state index in [1.54, 1.807) is 7.11 Å². The van der Waals surface area contributed by atoms with Crippen molar-refractivity contribution in [3.63, 3.8) is 0 Å². The molecular formula is C13H20N2O. The Morgan fingerprint density at radius 2 is 2.25 bits per heavy atom. The van der Waals surface area contributed by atoms with Crippen molar-refractivity contribution in [3.05, 3.63) is 41.5 Å². The quantitative estimate of drug-likeness (QED) is 0.453. The Morgan fingerprint density at radius 3 is 2.81 bits per heavy atom. The van der Waals surface area contributed by atoms with Gasteiger partial charge in [0.05, 0.1) is 7.11 Å². The van der Waals surface area contributed by atoms with Crippen molar-refractivity contribution >= 4 is 0 Å². The van der Waals surface area contributed by atoms with Crippen LogP contribution >= 0.6 is 0 Å². The highest BCUT2D eigenvalue weighted by molar-refractivity contribution is 5.29. The Bertz CT molecular complexity index is 357. The van der Waals surface area contributed by atoms with Gasteiger partial charge in [0.25, 0.3) is 0 Å². The van der Waals surface area contributed by atoms with Crippen LogP contribution in [0.15, 0.2) is 35.9 Å². The highest BCUT2D eigenvalue weighted by Gasteiger charge is 2.05. The zero-order chi connectivity index (χ0) is 12.0. The van der Waals surface area contributed by atoms with Gasteiger partial charge >= 0.3 is 0 Å². The molecule has 0 heterocycles. The molecule has 3 nitrogen and oxygen atoms in total. The van der Waals surface area contributed by atoms with E-state index in [1.807, 2.05) is 18.2 Å². The second-order valence-electron chi connectivity index (χ2n) is 4.07. The normalized spacial score (nSPS) is 12.0. The lowest BCUT2D eigenvalue weighted by atomic mass is 10.0. The van der Waals surface area contributed by atoms with Crippen LogP contribution in [0.1, 0.15) is 19.4 Å². The van der Waals surface area contributed by atoms with Gasteiger partial charge in [0.1, 0.15) is 5.75 Å². The fourth-order valence-electron chi connectivity index (χ4n) is 1.62. The third-order valence-electron chi connectivity index (χ3n) is 2.34. The molecular weight excluding hydrogens is 200 g/mol. The monoisotopic (exact) mass is 220 g/mol. The van der Waals surface area contributed by atoms with E-state index in [2.05, 4.69) is 31.4 Å². The standard InChI is InChI=1S/C13H20N2O/c1-10(2)7-12(15-14)8-11-5-4-6-13(9-11)16-3/h4-7,9,12,15H,8,14H2,1-3H3. The topological polar surface area (TPSA) is 47.3 Å². The molecule has 0 saturated carbocycles. The van der Waals surface area contributed by atoms with Crippen LogP contribution in [0.5, 0.6) is 5.75 Å². The van der Waals surface area contributed by atoms with Crippen molar-refractivity contribution in [2.24, 2.45) is 5.84 Å². The maximum Gasteiger partial charge on any atom is 0.119 e. The second-order valence-corrected chi connectivity index (χ2v) is 4.07. The molecule has 0 radical (unpaired) electrons. The lowest BCUT2D eigenvalue weighted by Gasteiger charge is -2.13. The fraction of sp³-hybridized carbons (Fsp3) is 0.385. The first-order valence-electron chi connectivity index (χ1n) is 5.39. The Balaban J connectivity index is 2.73. The largest absolute Gasteiger partial charge is 0.497 e. The van der Waals surface area contributed by atoms with Gasteiger partial charge in [0.2, 0.25) is 0 Å². The summed E-state index contributed by atoms with van der Waals surface area (Å²) < 4.78 is 5.18. The number of nitrogens with one attached hydrogen (secondary N) is 1. The molecule has 0 bridgehead atoms. The molecule has 0 aliphatic carbocycles. The Kier molecular flexibility index (Phi) is 5.02. The summed E-state index contributed by atoms with van der Waals surface area (Å²) in [5.74, 6) is 6.39. The summed E-state index contributed by atoms with van der Waals surface area (Å²) in [6, 6.07) is 8.20. The average molecular weight is 220 g/mol. The molecule has 0 amide bonds. The highest BCUT2D eigenvalue weighted by Crippen LogP contribution is 2.14. The predicted octanol–water partition coefficient (Wildman–Crippen LogP) is 2.04. The summed E-state index contributed by atoms with van der Waals surface area (Å²) in [4.78, 5) is 0. The van der Waals surface area contributed by atoms with Gasteiger partial charge in [-0.2, -0.15) is 0 Å². The number of rotatable bonds is 5. The molecule has 0 aliphatic rings. The first-order chi connectivity index (χ1) is 7.65. The molecule has 0 fully saturated rings. The van der Waals surface area contributed by atoms with E-state index >= 15 is 0 Å². The predicted molar refractivity (Wildman–Crippen MR) is 67.2 cm³/mol. The van der Waals surface area contributed by atoms with E-state index in [0.717, 1.165) is 12.2 Å². The Labute approximate surface area is 97.3 Å². The number of hydrogen-bond acceptors (Lipinski definition) is 3. The van der Waals surface area contributed by atoms with E-state index < -0.39 is 0 Å². The molecule has 3 N–H and O–H groups in total. The molecule has 1 atom stereocenters. The fourth-order valence-corrected chi connectivity index (χ4v) is 1.62. The van der Waals surface area contributed by atoms with Crippen molar-refractivity contribution in [2.45, 2.75) is 26.3 Å². The maximum atomic E-state index is 5.51. The summed E-state index contributed by atoms with van der Waals surface area (Å²) in [7, 11) is 1.67. The van der Waals surface area contributed by atoms with Crippen LogP contribution in [0.25, 0.3) is 0 Å². The smallest absolute Gasteiger partial charge is 0.119 e. The number of benzene rings is 1. The third-order valence-corrected chi connectivity index (χ3v) is 2.34. The molecule has 3 heteroatoms. The van der Waals surface area contributed by atoms with E-state index in [9.17, 15) is 0 Å². The van der Waals surface area contributed by atoms with Crippen LogP contribution in [0, 0.1) is 0 Å². The molecule has 0 saturated heterocycles. The average Bonchev–Trinajstić information content (AvgIpc) is 2.28. The maximum absolute atomic E-state index is 5.51. The minimum absolute atomic E-state index is 0.164. The van der Waals surface area contributed by atoms with Gasteiger partial charge in [-0.25, -0.2) is 0 Å². The molecule has 0 aromatic heterocycles. The van der Waals surface area contributed by atoms with Gasteiger partial charge in [-0.15, -0.1) is 0 Å². The Morgan fingerprint density at radius 1 is 1.50 bits per heavy atom. The molecule has 1 unspecified atom stereocenters. The molecule has 1 aromatic rings. The summed E-state index contributed by atoms with van der Waals surface area (Å²) in [6.45, 7) is 4.13. The number of hydrazine groups is 1. The molecule has 0 aliphatic heterocycles. The first kappa shape index (κ1) is 12.7. The van der Waals surface area contributed by atoms with E-state index in [-0.39, 0.29) is 6.04 Å². The molecule has 88 valence electrons. The molecule has 0 spiro atoms. The van der Waals surface area contributed by atoms with Gasteiger partial charge in [-0.1, -0.05) is 23.8 Å². The number of hydrogen-bond donors (Lipinski definition) is 2. The SMILES string of the molecule is COc1cccc(CC(C=C(C)C)NN)c1. The third kappa shape index (κ3) is 4.04. The molecule has 1 aromatic carbocycles. The van der Waals surface area contributed by atoms with E-state index in [4.69, 9.17) is 10.6 Å². The molecule has 16 heavy (non-hydrogen) atoms. The zero-order valence-corrected chi connectivity index (χ0v) is 10.2. The highest BCUT2D eigenvalue weighted by atomic mass is 16.5. The van der Waals surface area contributed by atoms with Gasteiger partial charge in [0.15, 0.2) is 0 Å². The minimum Gasteiger partial charge on any atom is -0.497 e. The number of methoxy groups -OCH3 is 1. The van der Waals surface area contributed by atoms with E-state index in [1.165, 1.54) is 11.1 Å². The first-order valence-corrected chi connectivity index (χ1v) is 5.39. The summed E-state index contributed by atoms with van der Waals surface area (Å²) in [5, 5.41) is 0. The van der Waals surface area contributed by atoms with Crippen LogP contribution in [-0.4, -0.2) is 13.2 Å².